The van der Waals surface area contributed by atoms with Crippen LogP contribution in [0.15, 0.2) is 66.8 Å². The number of hydrogen-bond donors (Lipinski definition) is 0. The smallest absolute Gasteiger partial charge is 0 e. The monoisotopic (exact) mass is 401 g/mol. The summed E-state index contributed by atoms with van der Waals surface area (Å²) in [4.78, 5) is 0. The fourth-order valence-electron chi connectivity index (χ4n) is 1.16. The number of rotatable bonds is 0. The van der Waals surface area contributed by atoms with Crippen LogP contribution in [0.4, 0.5) is 0 Å². The van der Waals surface area contributed by atoms with E-state index in [1.807, 2.05) is 54.6 Å². The van der Waals surface area contributed by atoms with Gasteiger partial charge in [0.1, 0.15) is 0 Å². The van der Waals surface area contributed by atoms with E-state index in [2.05, 4.69) is 31.2 Å². The van der Waals surface area contributed by atoms with E-state index in [-0.39, 0.29) is 25.8 Å². The van der Waals surface area contributed by atoms with Crippen LogP contribution in [0.2, 0.25) is 0 Å². The van der Waals surface area contributed by atoms with Gasteiger partial charge in [-0.2, -0.15) is 36.8 Å². The third kappa shape index (κ3) is 10.1. The first kappa shape index (κ1) is 16.9. The van der Waals surface area contributed by atoms with Crippen molar-refractivity contribution in [3.63, 3.8) is 0 Å². The van der Waals surface area contributed by atoms with Gasteiger partial charge in [-0.3, -0.25) is 12.2 Å². The van der Waals surface area contributed by atoms with Crippen LogP contribution in [0.5, 0.6) is 0 Å². The average molecular weight is 400 g/mol. The second kappa shape index (κ2) is 12.4. The number of benzene rings is 1. The number of hydrogen-bond acceptors (Lipinski definition) is 0. The summed E-state index contributed by atoms with van der Waals surface area (Å²) in [5.74, 6) is 0. The summed E-state index contributed by atoms with van der Waals surface area (Å²) < 4.78 is 0. The molecule has 3 rings (SSSR count). The SMILES string of the molecule is [C-]1=CC=CC1.[C-]1=CC=CC1.[CH2-]c1ccccc1.[Hf]. The van der Waals surface area contributed by atoms with E-state index in [9.17, 15) is 0 Å². The summed E-state index contributed by atoms with van der Waals surface area (Å²) in [7, 11) is 0. The molecule has 0 radical (unpaired) electrons. The first-order chi connectivity index (χ1) is 8.39. The van der Waals surface area contributed by atoms with Gasteiger partial charge in [0.05, 0.1) is 0 Å². The quantitative estimate of drug-likeness (QED) is 0.446. The summed E-state index contributed by atoms with van der Waals surface area (Å²) in [5, 5.41) is 0. The Hall–Kier alpha value is -1.08. The third-order valence-corrected chi connectivity index (χ3v) is 2.01. The molecule has 0 unspecified atom stereocenters. The maximum atomic E-state index is 3.72. The summed E-state index contributed by atoms with van der Waals surface area (Å²) in [6.07, 6.45) is 20.0. The van der Waals surface area contributed by atoms with Gasteiger partial charge in [-0.1, -0.05) is 6.07 Å². The molecule has 0 saturated carbocycles. The van der Waals surface area contributed by atoms with Gasteiger partial charge in [0.15, 0.2) is 0 Å². The van der Waals surface area contributed by atoms with Gasteiger partial charge in [-0.15, -0.1) is 25.0 Å². The van der Waals surface area contributed by atoms with Crippen molar-refractivity contribution in [1.82, 2.24) is 0 Å². The Balaban J connectivity index is 0.000000239. The molecule has 0 bridgehead atoms. The van der Waals surface area contributed by atoms with E-state index in [1.165, 1.54) is 0 Å². The summed E-state index contributed by atoms with van der Waals surface area (Å²) in [6.45, 7) is 3.72. The van der Waals surface area contributed by atoms with E-state index in [1.54, 1.807) is 0 Å². The molecule has 1 heteroatoms. The largest absolute Gasteiger partial charge is 0.273 e. The molecule has 0 aromatic heterocycles. The topological polar surface area (TPSA) is 0 Å². The molecule has 92 valence electrons. The molecule has 0 aliphatic heterocycles. The van der Waals surface area contributed by atoms with Gasteiger partial charge < -0.3 is 0 Å². The van der Waals surface area contributed by atoms with Crippen molar-refractivity contribution in [2.24, 2.45) is 0 Å². The Bertz CT molecular complexity index is 355. The molecule has 2 aliphatic carbocycles. The Morgan fingerprint density at radius 3 is 1.50 bits per heavy atom. The molecular formula is C17H17Hf-3. The van der Waals surface area contributed by atoms with Crippen LogP contribution in [0.1, 0.15) is 18.4 Å². The Morgan fingerprint density at radius 1 is 0.833 bits per heavy atom. The molecule has 18 heavy (non-hydrogen) atoms. The van der Waals surface area contributed by atoms with Gasteiger partial charge in [0.2, 0.25) is 0 Å². The maximum absolute atomic E-state index is 3.72. The second-order valence-electron chi connectivity index (χ2n) is 3.49. The summed E-state index contributed by atoms with van der Waals surface area (Å²) in [6, 6.07) is 9.87. The van der Waals surface area contributed by atoms with Crippen LogP contribution < -0.4 is 0 Å². The Labute approximate surface area is 130 Å². The predicted molar refractivity (Wildman–Crippen MR) is 74.0 cm³/mol. The maximum Gasteiger partial charge on any atom is 0 e. The minimum Gasteiger partial charge on any atom is -0.273 e. The first-order valence-electron chi connectivity index (χ1n) is 5.70. The van der Waals surface area contributed by atoms with E-state index >= 15 is 0 Å². The van der Waals surface area contributed by atoms with Crippen LogP contribution in [0.25, 0.3) is 0 Å². The average Bonchev–Trinajstić information content (AvgIpc) is 3.09. The van der Waals surface area contributed by atoms with Crippen LogP contribution >= 0.6 is 0 Å². The van der Waals surface area contributed by atoms with E-state index in [0.29, 0.717) is 0 Å². The fraction of sp³-hybridized carbons (Fsp3) is 0.118. The molecular weight excluding hydrogens is 383 g/mol. The first-order valence-corrected chi connectivity index (χ1v) is 5.70. The molecule has 0 saturated heterocycles. The molecule has 1 aromatic carbocycles. The van der Waals surface area contributed by atoms with Crippen molar-refractivity contribution in [2.45, 2.75) is 12.8 Å². The standard InChI is InChI=1S/C7H7.2C5H5.Hf/c1-7-5-3-2-4-6-7;2*1-2-4-5-3-1;/h2-6H,1H2;2*1-3H,4H2;/q3*-1;. The van der Waals surface area contributed by atoms with Crippen molar-refractivity contribution in [3.05, 3.63) is 91.4 Å². The predicted octanol–water partition coefficient (Wildman–Crippen LogP) is 4.48. The van der Waals surface area contributed by atoms with Gasteiger partial charge >= 0.3 is 0 Å². The molecule has 0 spiro atoms. The van der Waals surface area contributed by atoms with Gasteiger partial charge in [0.25, 0.3) is 0 Å². The van der Waals surface area contributed by atoms with E-state index < -0.39 is 0 Å². The normalized spacial score (nSPS) is 13.1. The Kier molecular flexibility index (Phi) is 11.6. The second-order valence-corrected chi connectivity index (χ2v) is 3.49. The molecule has 0 heterocycles. The molecule has 1 aromatic rings. The van der Waals surface area contributed by atoms with Crippen molar-refractivity contribution >= 4 is 0 Å². The molecule has 0 amide bonds. The van der Waals surface area contributed by atoms with Crippen molar-refractivity contribution in [2.75, 3.05) is 0 Å². The van der Waals surface area contributed by atoms with Crippen LogP contribution in [-0.2, 0) is 25.8 Å². The zero-order valence-corrected chi connectivity index (χ0v) is 14.1. The minimum atomic E-state index is 0. The van der Waals surface area contributed by atoms with Crippen molar-refractivity contribution < 1.29 is 25.8 Å². The zero-order chi connectivity index (χ0) is 12.2. The summed E-state index contributed by atoms with van der Waals surface area (Å²) in [5.41, 5.74) is 1.07. The number of allylic oxidation sites excluding steroid dienone is 8. The van der Waals surface area contributed by atoms with Crippen molar-refractivity contribution in [3.8, 4) is 0 Å². The van der Waals surface area contributed by atoms with Crippen LogP contribution in [-0.4, -0.2) is 0 Å². The summed E-state index contributed by atoms with van der Waals surface area (Å²) >= 11 is 0. The van der Waals surface area contributed by atoms with Gasteiger partial charge in [-0.05, 0) is 0 Å². The molecule has 0 fully saturated rings. The fourth-order valence-corrected chi connectivity index (χ4v) is 1.16. The van der Waals surface area contributed by atoms with E-state index in [0.717, 1.165) is 18.4 Å². The van der Waals surface area contributed by atoms with Crippen molar-refractivity contribution in [1.29, 1.82) is 0 Å². The molecule has 0 nitrogen and oxygen atoms in total. The minimum absolute atomic E-state index is 0. The zero-order valence-electron chi connectivity index (χ0n) is 10.5. The molecule has 0 atom stereocenters. The van der Waals surface area contributed by atoms with Gasteiger partial charge in [-0.25, -0.2) is 24.3 Å². The van der Waals surface area contributed by atoms with Crippen LogP contribution in [0, 0.1) is 19.1 Å². The molecule has 2 aliphatic rings. The third-order valence-electron chi connectivity index (χ3n) is 2.01. The van der Waals surface area contributed by atoms with E-state index in [4.69, 9.17) is 0 Å². The van der Waals surface area contributed by atoms with Crippen LogP contribution in [0.3, 0.4) is 0 Å². The Morgan fingerprint density at radius 2 is 1.33 bits per heavy atom. The molecule has 0 N–H and O–H groups in total. The van der Waals surface area contributed by atoms with Gasteiger partial charge in [0, 0.05) is 25.8 Å².